The van der Waals surface area contributed by atoms with E-state index in [1.54, 1.807) is 0 Å². The molecule has 2 aromatic rings. The van der Waals surface area contributed by atoms with E-state index in [4.69, 9.17) is 0 Å². The summed E-state index contributed by atoms with van der Waals surface area (Å²) in [4.78, 5) is 2.25. The number of nitriles is 1. The molecule has 1 unspecified atom stereocenters. The van der Waals surface area contributed by atoms with Crippen LogP contribution in [0, 0.1) is 11.3 Å². The van der Waals surface area contributed by atoms with Crippen molar-refractivity contribution in [2.24, 2.45) is 0 Å². The Morgan fingerprint density at radius 1 is 1.20 bits per heavy atom. The predicted octanol–water partition coefficient (Wildman–Crippen LogP) is 3.17. The molecule has 0 amide bonds. The Kier molecular flexibility index (Phi) is 4.26. The number of rotatable bonds is 5. The summed E-state index contributed by atoms with van der Waals surface area (Å²) in [6, 6.07) is 17.0. The van der Waals surface area contributed by atoms with Gasteiger partial charge < -0.3 is 10.2 Å². The number of hydrogen-bond donors (Lipinski definition) is 1. The lowest BCUT2D eigenvalue weighted by Crippen LogP contribution is -2.49. The number of nitrogens with zero attached hydrogens (tertiary/aromatic N) is 2. The molecule has 3 nitrogen and oxygen atoms in total. The lowest BCUT2D eigenvalue weighted by molar-refractivity contribution is 0.485. The van der Waals surface area contributed by atoms with Gasteiger partial charge in [0.15, 0.2) is 0 Å². The van der Waals surface area contributed by atoms with Gasteiger partial charge in [0.05, 0.1) is 6.07 Å². The number of fused-ring (bicyclic) bond motifs is 1. The summed E-state index contributed by atoms with van der Waals surface area (Å²) in [5.74, 6) is 0. The third kappa shape index (κ3) is 2.76. The van der Waals surface area contributed by atoms with Crippen LogP contribution in [0.1, 0.15) is 13.8 Å². The highest BCUT2D eigenvalue weighted by molar-refractivity contribution is 5.94. The maximum Gasteiger partial charge on any atom is 0.121 e. The second kappa shape index (κ2) is 5.94. The van der Waals surface area contributed by atoms with Gasteiger partial charge in [0, 0.05) is 24.2 Å². The average molecular weight is 267 g/mol. The van der Waals surface area contributed by atoms with Gasteiger partial charge in [-0.1, -0.05) is 36.4 Å². The quantitative estimate of drug-likeness (QED) is 0.904. The van der Waals surface area contributed by atoms with Gasteiger partial charge in [-0.3, -0.25) is 0 Å². The van der Waals surface area contributed by atoms with Crippen molar-refractivity contribution in [1.29, 1.82) is 5.26 Å². The van der Waals surface area contributed by atoms with Crippen LogP contribution in [0.4, 0.5) is 5.69 Å². The Morgan fingerprint density at radius 2 is 1.90 bits per heavy atom. The molecule has 0 aromatic heterocycles. The molecular weight excluding hydrogens is 246 g/mol. The fourth-order valence-corrected chi connectivity index (χ4v) is 2.40. The SMILES string of the molecule is CCN(CC(C)(C#N)NC)c1cccc2ccccc12. The number of anilines is 1. The Labute approximate surface area is 120 Å². The lowest BCUT2D eigenvalue weighted by Gasteiger charge is -2.32. The first-order chi connectivity index (χ1) is 9.63. The highest BCUT2D eigenvalue weighted by Crippen LogP contribution is 2.27. The van der Waals surface area contributed by atoms with Crippen LogP contribution in [0.15, 0.2) is 42.5 Å². The zero-order chi connectivity index (χ0) is 14.6. The van der Waals surface area contributed by atoms with Crippen molar-refractivity contribution in [2.75, 3.05) is 25.0 Å². The first kappa shape index (κ1) is 14.4. The fourth-order valence-electron chi connectivity index (χ4n) is 2.40. The molecule has 0 bridgehead atoms. The van der Waals surface area contributed by atoms with E-state index in [9.17, 15) is 5.26 Å². The van der Waals surface area contributed by atoms with Crippen LogP contribution in [0.3, 0.4) is 0 Å². The molecule has 3 heteroatoms. The second-order valence-corrected chi connectivity index (χ2v) is 5.21. The monoisotopic (exact) mass is 267 g/mol. The van der Waals surface area contributed by atoms with E-state index in [0.717, 1.165) is 6.54 Å². The van der Waals surface area contributed by atoms with E-state index in [1.807, 2.05) is 14.0 Å². The normalized spacial score (nSPS) is 13.7. The molecule has 104 valence electrons. The van der Waals surface area contributed by atoms with Crippen molar-refractivity contribution < 1.29 is 0 Å². The molecule has 2 rings (SSSR count). The number of nitrogens with one attached hydrogen (secondary N) is 1. The molecule has 0 fully saturated rings. The fraction of sp³-hybridized carbons (Fsp3) is 0.353. The van der Waals surface area contributed by atoms with Gasteiger partial charge in [-0.25, -0.2) is 0 Å². The maximum absolute atomic E-state index is 9.35. The van der Waals surface area contributed by atoms with E-state index in [-0.39, 0.29) is 0 Å². The summed E-state index contributed by atoms with van der Waals surface area (Å²) in [5, 5.41) is 14.9. The Morgan fingerprint density at radius 3 is 2.55 bits per heavy atom. The first-order valence-corrected chi connectivity index (χ1v) is 6.96. The van der Waals surface area contributed by atoms with Crippen LogP contribution in [0.2, 0.25) is 0 Å². The van der Waals surface area contributed by atoms with Crippen LogP contribution in [0.25, 0.3) is 10.8 Å². The summed E-state index contributed by atoms with van der Waals surface area (Å²) in [6.45, 7) is 5.58. The summed E-state index contributed by atoms with van der Waals surface area (Å²) in [5.41, 5.74) is 0.634. The average Bonchev–Trinajstić information content (AvgIpc) is 2.52. The minimum absolute atomic E-state index is 0.549. The number of likely N-dealkylation sites (N-methyl/N-ethyl adjacent to an activating group) is 2. The van der Waals surface area contributed by atoms with Crippen LogP contribution >= 0.6 is 0 Å². The van der Waals surface area contributed by atoms with Crippen molar-refractivity contribution in [1.82, 2.24) is 5.32 Å². The predicted molar refractivity (Wildman–Crippen MR) is 84.9 cm³/mol. The summed E-state index contributed by atoms with van der Waals surface area (Å²) < 4.78 is 0. The molecule has 1 N–H and O–H groups in total. The topological polar surface area (TPSA) is 39.1 Å². The third-order valence-electron chi connectivity index (χ3n) is 3.79. The molecule has 0 spiro atoms. The molecule has 0 saturated carbocycles. The molecule has 0 heterocycles. The van der Waals surface area contributed by atoms with Crippen LogP contribution in [-0.4, -0.2) is 25.7 Å². The van der Waals surface area contributed by atoms with Gasteiger partial charge in [-0.2, -0.15) is 5.26 Å². The van der Waals surface area contributed by atoms with Gasteiger partial charge in [0.2, 0.25) is 0 Å². The van der Waals surface area contributed by atoms with Gasteiger partial charge in [0.1, 0.15) is 5.54 Å². The molecule has 0 radical (unpaired) electrons. The minimum Gasteiger partial charge on any atom is -0.368 e. The molecule has 0 saturated heterocycles. The van der Waals surface area contributed by atoms with Gasteiger partial charge in [-0.15, -0.1) is 0 Å². The molecule has 1 atom stereocenters. The van der Waals surface area contributed by atoms with Gasteiger partial charge >= 0.3 is 0 Å². The Hall–Kier alpha value is -2.05. The highest BCUT2D eigenvalue weighted by Gasteiger charge is 2.25. The standard InChI is InChI=1S/C17H21N3/c1-4-20(13-17(2,12-18)19-3)16-11-7-9-14-8-5-6-10-15(14)16/h5-11,19H,4,13H2,1-3H3. The number of hydrogen-bond acceptors (Lipinski definition) is 3. The highest BCUT2D eigenvalue weighted by atomic mass is 15.2. The second-order valence-electron chi connectivity index (χ2n) is 5.21. The Bertz CT molecular complexity index is 624. The molecule has 0 aliphatic heterocycles. The molecule has 2 aromatic carbocycles. The van der Waals surface area contributed by atoms with Crippen molar-refractivity contribution in [3.05, 3.63) is 42.5 Å². The van der Waals surface area contributed by atoms with Crippen LogP contribution in [-0.2, 0) is 0 Å². The van der Waals surface area contributed by atoms with Crippen LogP contribution in [0.5, 0.6) is 0 Å². The first-order valence-electron chi connectivity index (χ1n) is 6.96. The number of benzene rings is 2. The maximum atomic E-state index is 9.35. The van der Waals surface area contributed by atoms with Crippen LogP contribution < -0.4 is 10.2 Å². The van der Waals surface area contributed by atoms with E-state index in [1.165, 1.54) is 16.5 Å². The van der Waals surface area contributed by atoms with Crippen molar-refractivity contribution in [3.8, 4) is 6.07 Å². The molecule has 20 heavy (non-hydrogen) atoms. The van der Waals surface area contributed by atoms with E-state index >= 15 is 0 Å². The zero-order valence-electron chi connectivity index (χ0n) is 12.4. The third-order valence-corrected chi connectivity index (χ3v) is 3.79. The van der Waals surface area contributed by atoms with E-state index < -0.39 is 5.54 Å². The van der Waals surface area contributed by atoms with Gasteiger partial charge in [-0.05, 0) is 32.3 Å². The Balaban J connectivity index is 2.43. The largest absolute Gasteiger partial charge is 0.368 e. The lowest BCUT2D eigenvalue weighted by atomic mass is 10.0. The summed E-state index contributed by atoms with van der Waals surface area (Å²) in [6.07, 6.45) is 0. The van der Waals surface area contributed by atoms with E-state index in [2.05, 4.69) is 65.7 Å². The van der Waals surface area contributed by atoms with E-state index in [0.29, 0.717) is 6.54 Å². The smallest absolute Gasteiger partial charge is 0.121 e. The van der Waals surface area contributed by atoms with Crippen molar-refractivity contribution in [3.63, 3.8) is 0 Å². The molecule has 0 aliphatic rings. The van der Waals surface area contributed by atoms with Crippen molar-refractivity contribution in [2.45, 2.75) is 19.4 Å². The zero-order valence-corrected chi connectivity index (χ0v) is 12.4. The minimum atomic E-state index is -0.549. The summed E-state index contributed by atoms with van der Waals surface area (Å²) >= 11 is 0. The van der Waals surface area contributed by atoms with Gasteiger partial charge in [0.25, 0.3) is 0 Å². The summed E-state index contributed by atoms with van der Waals surface area (Å²) in [7, 11) is 1.83. The molecular formula is C17H21N3. The molecule has 0 aliphatic carbocycles. The van der Waals surface area contributed by atoms with Crippen molar-refractivity contribution >= 4 is 16.5 Å².